The summed E-state index contributed by atoms with van der Waals surface area (Å²) in [5.41, 5.74) is -0.459. The topological polar surface area (TPSA) is 54.6 Å². The van der Waals surface area contributed by atoms with E-state index >= 15 is 0 Å². The number of carbonyl (C=O) groups excluding carboxylic acids is 1. The smallest absolute Gasteiger partial charge is 0.418 e. The van der Waals surface area contributed by atoms with Crippen molar-refractivity contribution < 1.29 is 22.4 Å². The average Bonchev–Trinajstić information content (AvgIpc) is 3.31. The fourth-order valence-electron chi connectivity index (χ4n) is 2.76. The standard InChI is InChI=1S/C21H11Cl2F3N2O2S/c22-14-7-5-11(9-15(14)23)17-8-6-12(30-17)10-18-19(29)28-20(31-18)27-16-4-2-1-3-13(16)21(24,25)26/h1-10H,(H,27,28,29)/b18-10+. The van der Waals surface area contributed by atoms with E-state index in [0.717, 1.165) is 17.8 Å². The number of alkyl halides is 3. The molecular formula is C21H11Cl2F3N2O2S. The van der Waals surface area contributed by atoms with E-state index in [1.54, 1.807) is 30.3 Å². The molecule has 10 heteroatoms. The Bertz CT molecular complexity index is 1240. The van der Waals surface area contributed by atoms with Crippen molar-refractivity contribution >= 4 is 57.8 Å². The van der Waals surface area contributed by atoms with Crippen LogP contribution >= 0.6 is 35.0 Å². The first-order chi connectivity index (χ1) is 14.7. The molecule has 0 radical (unpaired) electrons. The number of hydrogen-bond acceptors (Lipinski definition) is 4. The van der Waals surface area contributed by atoms with Crippen LogP contribution in [0.5, 0.6) is 0 Å². The minimum absolute atomic E-state index is 0.0456. The summed E-state index contributed by atoms with van der Waals surface area (Å²) in [4.78, 5) is 16.4. The lowest BCUT2D eigenvalue weighted by Gasteiger charge is -2.09. The first-order valence-electron chi connectivity index (χ1n) is 8.72. The number of hydrogen-bond donors (Lipinski definition) is 1. The number of amidine groups is 1. The van der Waals surface area contributed by atoms with Gasteiger partial charge in [-0.1, -0.05) is 35.3 Å². The van der Waals surface area contributed by atoms with E-state index < -0.39 is 17.6 Å². The van der Waals surface area contributed by atoms with Crippen LogP contribution in [0.4, 0.5) is 18.9 Å². The molecule has 2 heterocycles. The molecule has 0 spiro atoms. The Morgan fingerprint density at radius 3 is 2.55 bits per heavy atom. The number of carbonyl (C=O) groups is 1. The van der Waals surface area contributed by atoms with E-state index in [1.807, 2.05) is 0 Å². The summed E-state index contributed by atoms with van der Waals surface area (Å²) >= 11 is 12.9. The molecule has 0 bridgehead atoms. The average molecular weight is 483 g/mol. The number of benzene rings is 2. The zero-order valence-corrected chi connectivity index (χ0v) is 17.7. The molecule has 3 aromatic rings. The van der Waals surface area contributed by atoms with E-state index in [-0.39, 0.29) is 15.8 Å². The van der Waals surface area contributed by atoms with Gasteiger partial charge in [-0.2, -0.15) is 13.2 Å². The van der Waals surface area contributed by atoms with Gasteiger partial charge in [-0.25, -0.2) is 4.99 Å². The molecule has 4 rings (SSSR count). The van der Waals surface area contributed by atoms with Crippen molar-refractivity contribution in [1.29, 1.82) is 0 Å². The summed E-state index contributed by atoms with van der Waals surface area (Å²) in [5, 5.41) is 3.30. The number of para-hydroxylation sites is 1. The van der Waals surface area contributed by atoms with Crippen molar-refractivity contribution in [2.45, 2.75) is 6.18 Å². The highest BCUT2D eigenvalue weighted by atomic mass is 35.5. The van der Waals surface area contributed by atoms with Crippen molar-refractivity contribution in [3.63, 3.8) is 0 Å². The Labute approximate surface area is 188 Å². The Balaban J connectivity index is 1.58. The lowest BCUT2D eigenvalue weighted by Crippen LogP contribution is -2.19. The molecule has 1 aliphatic rings. The molecule has 0 saturated carbocycles. The first kappa shape index (κ1) is 21.5. The molecule has 1 amide bonds. The first-order valence-corrected chi connectivity index (χ1v) is 10.3. The fourth-order valence-corrected chi connectivity index (χ4v) is 3.88. The molecule has 1 aromatic heterocycles. The number of nitrogens with one attached hydrogen (secondary N) is 1. The summed E-state index contributed by atoms with van der Waals surface area (Å²) in [5.74, 6) is 0.415. The number of rotatable bonds is 3. The van der Waals surface area contributed by atoms with Crippen LogP contribution in [0.3, 0.4) is 0 Å². The number of amides is 1. The molecular weight excluding hydrogens is 472 g/mol. The third-order valence-corrected chi connectivity index (χ3v) is 5.84. The molecule has 31 heavy (non-hydrogen) atoms. The maximum atomic E-state index is 13.1. The van der Waals surface area contributed by atoms with Gasteiger partial charge in [0.25, 0.3) is 5.91 Å². The molecule has 0 unspecified atom stereocenters. The summed E-state index contributed by atoms with van der Waals surface area (Å²) in [6, 6.07) is 13.3. The van der Waals surface area contributed by atoms with Crippen molar-refractivity contribution in [2.75, 3.05) is 0 Å². The van der Waals surface area contributed by atoms with Gasteiger partial charge in [-0.3, -0.25) is 4.79 Å². The van der Waals surface area contributed by atoms with E-state index in [9.17, 15) is 18.0 Å². The van der Waals surface area contributed by atoms with E-state index in [2.05, 4.69) is 10.3 Å². The largest absolute Gasteiger partial charge is 0.457 e. The van der Waals surface area contributed by atoms with Crippen molar-refractivity contribution in [3.05, 3.63) is 80.9 Å². The molecule has 1 fully saturated rings. The Morgan fingerprint density at radius 1 is 1.03 bits per heavy atom. The van der Waals surface area contributed by atoms with Crippen LogP contribution in [-0.4, -0.2) is 11.1 Å². The Hall–Kier alpha value is -2.68. The number of halogens is 5. The number of nitrogens with zero attached hydrogens (tertiary/aromatic N) is 1. The molecule has 1 aliphatic heterocycles. The molecule has 0 aliphatic carbocycles. The highest BCUT2D eigenvalue weighted by molar-refractivity contribution is 8.18. The lowest BCUT2D eigenvalue weighted by atomic mass is 10.2. The van der Waals surface area contributed by atoms with Crippen LogP contribution in [0.2, 0.25) is 10.0 Å². The highest BCUT2D eigenvalue weighted by Gasteiger charge is 2.34. The Morgan fingerprint density at radius 2 is 1.81 bits per heavy atom. The van der Waals surface area contributed by atoms with Crippen LogP contribution in [0.25, 0.3) is 17.4 Å². The molecule has 1 saturated heterocycles. The van der Waals surface area contributed by atoms with Gasteiger partial charge in [-0.05, 0) is 54.2 Å². The van der Waals surface area contributed by atoms with Gasteiger partial charge in [0, 0.05) is 11.6 Å². The quantitative estimate of drug-likeness (QED) is 0.402. The monoisotopic (exact) mass is 482 g/mol. The highest BCUT2D eigenvalue weighted by Crippen LogP contribution is 2.38. The van der Waals surface area contributed by atoms with E-state index in [0.29, 0.717) is 27.1 Å². The summed E-state index contributed by atoms with van der Waals surface area (Å²) in [6.45, 7) is 0. The summed E-state index contributed by atoms with van der Waals surface area (Å²) < 4.78 is 45.2. The third kappa shape index (κ3) is 4.81. The molecule has 0 atom stereocenters. The van der Waals surface area contributed by atoms with Crippen molar-refractivity contribution in [2.24, 2.45) is 4.99 Å². The van der Waals surface area contributed by atoms with Gasteiger partial charge in [0.1, 0.15) is 11.5 Å². The third-order valence-electron chi connectivity index (χ3n) is 4.19. The Kier molecular flexibility index (Phi) is 5.88. The number of furan rings is 1. The van der Waals surface area contributed by atoms with Gasteiger partial charge in [0.05, 0.1) is 26.2 Å². The molecule has 1 N–H and O–H groups in total. The SMILES string of the molecule is O=C1NC(=Nc2ccccc2C(F)(F)F)S/C1=C/c1ccc(-c2ccc(Cl)c(Cl)c2)o1. The van der Waals surface area contributed by atoms with Crippen LogP contribution in [0.1, 0.15) is 11.3 Å². The van der Waals surface area contributed by atoms with Gasteiger partial charge in [0.15, 0.2) is 5.17 Å². The van der Waals surface area contributed by atoms with Crippen molar-refractivity contribution in [1.82, 2.24) is 5.32 Å². The van der Waals surface area contributed by atoms with E-state index in [1.165, 1.54) is 24.3 Å². The van der Waals surface area contributed by atoms with Crippen LogP contribution in [0, 0.1) is 0 Å². The molecule has 2 aromatic carbocycles. The second-order valence-corrected chi connectivity index (χ2v) is 8.17. The zero-order valence-electron chi connectivity index (χ0n) is 15.3. The second kappa shape index (κ2) is 8.45. The predicted molar refractivity (Wildman–Crippen MR) is 116 cm³/mol. The maximum Gasteiger partial charge on any atom is 0.418 e. The number of aliphatic imine (C=N–C) groups is 1. The fraction of sp³-hybridized carbons (Fsp3) is 0.0476. The zero-order chi connectivity index (χ0) is 22.2. The minimum atomic E-state index is -4.55. The maximum absolute atomic E-state index is 13.1. The summed E-state index contributed by atoms with van der Waals surface area (Å²) in [6.07, 6.45) is -3.07. The van der Waals surface area contributed by atoms with Crippen molar-refractivity contribution in [3.8, 4) is 11.3 Å². The van der Waals surface area contributed by atoms with Gasteiger partial charge in [-0.15, -0.1) is 0 Å². The van der Waals surface area contributed by atoms with Crippen LogP contribution in [0.15, 0.2) is 68.9 Å². The second-order valence-electron chi connectivity index (χ2n) is 6.33. The number of thioether (sulfide) groups is 1. The van der Waals surface area contributed by atoms with E-state index in [4.69, 9.17) is 27.6 Å². The van der Waals surface area contributed by atoms with Crippen LogP contribution < -0.4 is 5.32 Å². The van der Waals surface area contributed by atoms with Gasteiger partial charge < -0.3 is 9.73 Å². The van der Waals surface area contributed by atoms with Gasteiger partial charge >= 0.3 is 6.18 Å². The normalized spacial score (nSPS) is 16.9. The van der Waals surface area contributed by atoms with Gasteiger partial charge in [0.2, 0.25) is 0 Å². The summed E-state index contributed by atoms with van der Waals surface area (Å²) in [7, 11) is 0. The minimum Gasteiger partial charge on any atom is -0.457 e. The van der Waals surface area contributed by atoms with Crippen LogP contribution in [-0.2, 0) is 11.0 Å². The lowest BCUT2D eigenvalue weighted by molar-refractivity contribution is -0.137. The predicted octanol–water partition coefficient (Wildman–Crippen LogP) is 7.16. The molecule has 4 nitrogen and oxygen atoms in total. The molecule has 158 valence electrons.